The van der Waals surface area contributed by atoms with E-state index in [0.29, 0.717) is 74.7 Å². The molecule has 18 heteroatoms. The van der Waals surface area contributed by atoms with E-state index in [1.807, 2.05) is 36.1 Å². The van der Waals surface area contributed by atoms with E-state index in [1.54, 1.807) is 12.3 Å². The Labute approximate surface area is 408 Å². The third kappa shape index (κ3) is 9.08. The van der Waals surface area contributed by atoms with E-state index in [-0.39, 0.29) is 40.6 Å². The van der Waals surface area contributed by atoms with Crippen molar-refractivity contribution in [1.29, 1.82) is 0 Å². The largest absolute Gasteiger partial charge is 0.470 e. The molecule has 1 spiro atoms. The summed E-state index contributed by atoms with van der Waals surface area (Å²) in [6.45, 7) is 9.69. The maximum absolute atomic E-state index is 14.6. The van der Waals surface area contributed by atoms with Crippen LogP contribution in [-0.4, -0.2) is 116 Å². The monoisotopic (exact) mass is 974 g/mol. The molecule has 2 aromatic heterocycles. The maximum atomic E-state index is 14.6. The van der Waals surface area contributed by atoms with E-state index < -0.39 is 37.0 Å². The Morgan fingerprint density at radius 2 is 1.76 bits per heavy atom. The molecule has 11 rings (SSSR count). The first-order chi connectivity index (χ1) is 33.7. The SMILES string of the molecule is Cc1ccccc1[C@@H]1COCCN1C1CC2(CCN(c3ccc(C(=O)NS(=O)(=O)c4ccc(NCC5CCC(C)(O)CC5)c([N+](=O)[O-])c4)c(N4C[C@@H]5COC[C@H]5Oc5nc6[nH]ccc6cc54)c3)CC2)C1. The molecule has 17 nitrogen and oxygen atoms in total. The summed E-state index contributed by atoms with van der Waals surface area (Å²) in [7, 11) is -4.61. The zero-order valence-electron chi connectivity index (χ0n) is 39.8. The molecule has 2 saturated carbocycles. The van der Waals surface area contributed by atoms with Gasteiger partial charge in [-0.25, -0.2) is 13.1 Å². The number of sulfonamides is 1. The minimum absolute atomic E-state index is 0.0882. The molecule has 0 unspecified atom stereocenters. The zero-order valence-corrected chi connectivity index (χ0v) is 40.6. The van der Waals surface area contributed by atoms with Gasteiger partial charge in [-0.15, -0.1) is 0 Å². The Bertz CT molecular complexity index is 2900. The van der Waals surface area contributed by atoms with Crippen molar-refractivity contribution < 1.29 is 37.5 Å². The lowest BCUT2D eigenvalue weighted by Gasteiger charge is -2.57. The number of aromatic nitrogens is 2. The fourth-order valence-corrected chi connectivity index (χ4v) is 13.0. The number of ether oxygens (including phenoxy) is 3. The third-order valence-electron chi connectivity index (χ3n) is 16.3. The van der Waals surface area contributed by atoms with Gasteiger partial charge in [0.05, 0.1) is 59.1 Å². The van der Waals surface area contributed by atoms with Gasteiger partial charge in [-0.2, -0.15) is 4.98 Å². The summed E-state index contributed by atoms with van der Waals surface area (Å²) < 4.78 is 49.0. The van der Waals surface area contributed by atoms with Gasteiger partial charge in [0.2, 0.25) is 5.88 Å². The van der Waals surface area contributed by atoms with Crippen molar-refractivity contribution in [3.05, 3.63) is 106 Å². The summed E-state index contributed by atoms with van der Waals surface area (Å²) in [5, 5.41) is 26.7. The molecule has 2 aliphatic carbocycles. The van der Waals surface area contributed by atoms with Gasteiger partial charge >= 0.3 is 0 Å². The quantitative estimate of drug-likeness (QED) is 0.0743. The minimum atomic E-state index is -4.61. The number of nitrogens with one attached hydrogen (secondary N) is 3. The Kier molecular flexibility index (Phi) is 12.3. The summed E-state index contributed by atoms with van der Waals surface area (Å²) >= 11 is 0. The van der Waals surface area contributed by atoms with Gasteiger partial charge in [0, 0.05) is 68.0 Å². The summed E-state index contributed by atoms with van der Waals surface area (Å²) in [5.74, 6) is -0.400. The van der Waals surface area contributed by atoms with Gasteiger partial charge in [0.25, 0.3) is 21.6 Å². The van der Waals surface area contributed by atoms with Crippen LogP contribution in [0.15, 0.2) is 83.9 Å². The Morgan fingerprint density at radius 3 is 2.54 bits per heavy atom. The number of fused-ring (bicyclic) bond motifs is 3. The molecule has 4 N–H and O–H groups in total. The predicted octanol–water partition coefficient (Wildman–Crippen LogP) is 7.62. The number of nitro groups is 1. The molecule has 0 radical (unpaired) electrons. The van der Waals surface area contributed by atoms with E-state index in [4.69, 9.17) is 19.2 Å². The number of morpholine rings is 1. The number of hydrogen-bond acceptors (Lipinski definition) is 14. The number of rotatable bonds is 11. The van der Waals surface area contributed by atoms with Crippen LogP contribution in [0.3, 0.4) is 0 Å². The highest BCUT2D eigenvalue weighted by molar-refractivity contribution is 7.90. The lowest BCUT2D eigenvalue weighted by molar-refractivity contribution is -0.384. The van der Waals surface area contributed by atoms with Crippen molar-refractivity contribution >= 4 is 55.4 Å². The Morgan fingerprint density at radius 1 is 0.957 bits per heavy atom. The number of anilines is 4. The van der Waals surface area contributed by atoms with E-state index in [1.165, 1.54) is 23.3 Å². The molecular formula is C52H62N8O9S. The third-order valence-corrected chi connectivity index (χ3v) is 17.6. The summed E-state index contributed by atoms with van der Waals surface area (Å²) in [5.41, 5.74) is 4.71. The number of hydrogen-bond donors (Lipinski definition) is 4. The fraction of sp³-hybridized carbons (Fsp3) is 0.500. The van der Waals surface area contributed by atoms with Crippen LogP contribution >= 0.6 is 0 Å². The van der Waals surface area contributed by atoms with Gasteiger partial charge in [-0.3, -0.25) is 19.8 Å². The Hall–Kier alpha value is -5.79. The summed E-state index contributed by atoms with van der Waals surface area (Å²) in [6, 6.07) is 22.5. The van der Waals surface area contributed by atoms with E-state index >= 15 is 0 Å². The smallest absolute Gasteiger partial charge is 0.293 e. The molecule has 5 fully saturated rings. The summed E-state index contributed by atoms with van der Waals surface area (Å²) in [4.78, 5) is 41.0. The molecule has 70 heavy (non-hydrogen) atoms. The van der Waals surface area contributed by atoms with Crippen LogP contribution in [-0.2, 0) is 19.5 Å². The number of H-pyrrole nitrogens is 1. The zero-order chi connectivity index (χ0) is 48.4. The second-order valence-corrected chi connectivity index (χ2v) is 22.6. The number of aromatic amines is 1. The number of nitrogens with zero attached hydrogens (tertiary/aromatic N) is 5. The average Bonchev–Trinajstić information content (AvgIpc) is 3.97. The second kappa shape index (κ2) is 18.4. The number of carbonyl (C=O) groups excluding carboxylic acids is 1. The number of nitro benzene ring substituents is 1. The predicted molar refractivity (Wildman–Crippen MR) is 265 cm³/mol. The van der Waals surface area contributed by atoms with Crippen molar-refractivity contribution in [3.8, 4) is 5.88 Å². The lowest BCUT2D eigenvalue weighted by atomic mass is 9.59. The molecule has 5 aromatic rings. The number of piperidine rings is 1. The molecule has 3 atom stereocenters. The van der Waals surface area contributed by atoms with E-state index in [9.17, 15) is 28.4 Å². The van der Waals surface area contributed by atoms with Gasteiger partial charge in [-0.05, 0) is 130 Å². The highest BCUT2D eigenvalue weighted by atomic mass is 32.2. The first kappa shape index (κ1) is 46.6. The lowest BCUT2D eigenvalue weighted by Crippen LogP contribution is -2.57. The highest BCUT2D eigenvalue weighted by Gasteiger charge is 2.50. The standard InChI is InChI=1S/C52H62N8O9S/c1-33-5-3-4-6-40(33)46-31-67-22-21-58(46)38-26-52(27-38)16-19-57(20-17-52)37-7-9-41(43(24-37)59-29-36-30-68-32-47(36)69-50-45(59)23-35-13-18-53-48(35)55-50)49(61)56-70(65,66)39-8-10-42(44(25-39)60(63)64)54-28-34-11-14-51(2,62)15-12-34/h3-10,13,18,23-25,34,36,38,46-47,54,62H,11-12,14-17,19-22,26-32H2,1-2H3,(H,53,55)(H,56,61)/t34?,36-,46+,47-,51?/m1/s1. The topological polar surface area (TPSA) is 205 Å². The van der Waals surface area contributed by atoms with Gasteiger partial charge in [-0.1, -0.05) is 24.3 Å². The molecule has 1 amide bonds. The molecule has 370 valence electrons. The molecule has 0 bridgehead atoms. The van der Waals surface area contributed by atoms with Crippen LogP contribution in [0, 0.1) is 34.3 Å². The van der Waals surface area contributed by atoms with Gasteiger partial charge in [0.15, 0.2) is 0 Å². The molecule has 3 saturated heterocycles. The summed E-state index contributed by atoms with van der Waals surface area (Å²) in [6.07, 6.45) is 8.66. The van der Waals surface area contributed by atoms with Gasteiger partial charge in [0.1, 0.15) is 23.1 Å². The van der Waals surface area contributed by atoms with Gasteiger partial charge < -0.3 is 39.4 Å². The molecule has 6 heterocycles. The van der Waals surface area contributed by atoms with Crippen LogP contribution in [0.2, 0.25) is 0 Å². The van der Waals surface area contributed by atoms with E-state index in [2.05, 4.69) is 56.0 Å². The van der Waals surface area contributed by atoms with Crippen LogP contribution in [0.1, 0.15) is 85.8 Å². The minimum Gasteiger partial charge on any atom is -0.470 e. The van der Waals surface area contributed by atoms with E-state index in [0.717, 1.165) is 81.9 Å². The number of aliphatic hydroxyl groups is 1. The molecule has 3 aromatic carbocycles. The number of benzene rings is 3. The average molecular weight is 975 g/mol. The van der Waals surface area contributed by atoms with Crippen LogP contribution in [0.4, 0.5) is 28.4 Å². The van der Waals surface area contributed by atoms with Crippen molar-refractivity contribution in [2.75, 3.05) is 74.3 Å². The number of carbonyl (C=O) groups is 1. The molecule has 6 aliphatic rings. The van der Waals surface area contributed by atoms with Crippen LogP contribution < -0.4 is 24.6 Å². The first-order valence-electron chi connectivity index (χ1n) is 24.8. The molecular weight excluding hydrogens is 913 g/mol. The van der Waals surface area contributed by atoms with Crippen molar-refractivity contribution in [3.63, 3.8) is 0 Å². The van der Waals surface area contributed by atoms with Crippen LogP contribution in [0.5, 0.6) is 5.88 Å². The molecule has 4 aliphatic heterocycles. The number of aryl methyl sites for hydroxylation is 1. The van der Waals surface area contributed by atoms with Crippen molar-refractivity contribution in [2.24, 2.45) is 17.3 Å². The normalized spacial score (nSPS) is 25.9. The second-order valence-electron chi connectivity index (χ2n) is 20.9. The first-order valence-corrected chi connectivity index (χ1v) is 26.3. The number of amides is 1. The number of pyridine rings is 1. The fourth-order valence-electron chi connectivity index (χ4n) is 12.0. The van der Waals surface area contributed by atoms with Crippen molar-refractivity contribution in [1.82, 2.24) is 19.6 Å². The maximum Gasteiger partial charge on any atom is 0.293 e. The van der Waals surface area contributed by atoms with Crippen LogP contribution in [0.25, 0.3) is 11.0 Å². The Balaban J connectivity index is 0.863. The van der Waals surface area contributed by atoms with Crippen molar-refractivity contribution in [2.45, 2.75) is 93.9 Å². The highest BCUT2D eigenvalue weighted by Crippen LogP contribution is 2.53.